The molecular weight excluding hydrogens is 403 g/mol. The molecule has 3 aromatic rings. The number of hydrogen-bond acceptors (Lipinski definition) is 5. The van der Waals surface area contributed by atoms with E-state index in [9.17, 15) is 12.8 Å². The van der Waals surface area contributed by atoms with Crippen molar-refractivity contribution in [2.75, 3.05) is 11.5 Å². The highest BCUT2D eigenvalue weighted by Crippen LogP contribution is 2.29. The zero-order valence-corrected chi connectivity index (χ0v) is 17.4. The Hall–Kier alpha value is -2.84. The number of nitrogen functional groups attached to an aromatic ring is 1. The van der Waals surface area contributed by atoms with Gasteiger partial charge < -0.3 is 5.73 Å². The number of aryl methyl sites for hydroxylation is 1. The number of aromatic nitrogens is 2. The van der Waals surface area contributed by atoms with Gasteiger partial charge in [0.15, 0.2) is 0 Å². The predicted molar refractivity (Wildman–Crippen MR) is 117 cm³/mol. The van der Waals surface area contributed by atoms with E-state index in [0.717, 1.165) is 42.4 Å². The first-order valence-corrected chi connectivity index (χ1v) is 11.5. The van der Waals surface area contributed by atoms with Crippen molar-refractivity contribution in [1.29, 1.82) is 0 Å². The van der Waals surface area contributed by atoms with Crippen LogP contribution in [0.5, 0.6) is 0 Å². The van der Waals surface area contributed by atoms with Crippen LogP contribution in [0, 0.1) is 5.82 Å². The average molecular weight is 429 g/mol. The molecule has 1 heterocycles. The van der Waals surface area contributed by atoms with Crippen molar-refractivity contribution < 1.29 is 12.8 Å². The maximum absolute atomic E-state index is 14.8. The summed E-state index contributed by atoms with van der Waals surface area (Å²) in [6, 6.07) is 13.0. The zero-order chi connectivity index (χ0) is 21.6. The third kappa shape index (κ3) is 6.08. The number of sulfonamides is 1. The standard InChI is InChI=1S/C22H25FN4O2S/c23-20-13-17(10-11-19(20)21-14-27-22(24)15-26-21)18-9-5-4-8-16(18)7-3-1-2-6-12-30(25,28)29/h4-5,8-11,13-15H,1-3,6-7,12H2,(H2,24,27)(H2,25,28,29). The largest absolute Gasteiger partial charge is 0.382 e. The topological polar surface area (TPSA) is 112 Å². The summed E-state index contributed by atoms with van der Waals surface area (Å²) >= 11 is 0. The molecule has 0 aliphatic rings. The molecule has 0 saturated heterocycles. The molecule has 0 spiro atoms. The van der Waals surface area contributed by atoms with Crippen LogP contribution in [-0.4, -0.2) is 24.1 Å². The fourth-order valence-corrected chi connectivity index (χ4v) is 3.97. The minimum absolute atomic E-state index is 0.0214. The lowest BCUT2D eigenvalue weighted by atomic mass is 9.94. The van der Waals surface area contributed by atoms with Gasteiger partial charge in [0.2, 0.25) is 10.0 Å². The Labute approximate surface area is 176 Å². The van der Waals surface area contributed by atoms with E-state index < -0.39 is 10.0 Å². The molecule has 1 aromatic heterocycles. The van der Waals surface area contributed by atoms with Crippen molar-refractivity contribution in [2.24, 2.45) is 5.14 Å². The Balaban J connectivity index is 1.69. The number of unbranched alkanes of at least 4 members (excludes halogenated alkanes) is 3. The zero-order valence-electron chi connectivity index (χ0n) is 16.6. The first-order chi connectivity index (χ1) is 14.3. The highest BCUT2D eigenvalue weighted by Gasteiger charge is 2.11. The van der Waals surface area contributed by atoms with E-state index in [-0.39, 0.29) is 17.4 Å². The number of halogens is 1. The first-order valence-electron chi connectivity index (χ1n) is 9.80. The van der Waals surface area contributed by atoms with Gasteiger partial charge in [-0.15, -0.1) is 0 Å². The quantitative estimate of drug-likeness (QED) is 0.502. The molecule has 0 unspecified atom stereocenters. The van der Waals surface area contributed by atoms with Crippen molar-refractivity contribution in [3.8, 4) is 22.4 Å². The number of anilines is 1. The Morgan fingerprint density at radius 1 is 0.900 bits per heavy atom. The van der Waals surface area contributed by atoms with E-state index in [1.807, 2.05) is 30.3 Å². The lowest BCUT2D eigenvalue weighted by molar-refractivity contribution is 0.589. The van der Waals surface area contributed by atoms with Crippen LogP contribution in [0.4, 0.5) is 10.2 Å². The van der Waals surface area contributed by atoms with Crippen LogP contribution in [0.15, 0.2) is 54.9 Å². The number of nitrogens with zero attached hydrogens (tertiary/aromatic N) is 2. The molecule has 2 aromatic carbocycles. The van der Waals surface area contributed by atoms with Crippen molar-refractivity contribution in [1.82, 2.24) is 9.97 Å². The average Bonchev–Trinajstić information content (AvgIpc) is 2.71. The summed E-state index contributed by atoms with van der Waals surface area (Å²) in [4.78, 5) is 8.10. The van der Waals surface area contributed by atoms with Crippen LogP contribution < -0.4 is 10.9 Å². The molecule has 158 valence electrons. The van der Waals surface area contributed by atoms with E-state index in [2.05, 4.69) is 9.97 Å². The number of hydrogen-bond donors (Lipinski definition) is 2. The van der Waals surface area contributed by atoms with Crippen molar-refractivity contribution in [3.05, 3.63) is 66.2 Å². The van der Waals surface area contributed by atoms with E-state index in [0.29, 0.717) is 17.7 Å². The van der Waals surface area contributed by atoms with Gasteiger partial charge in [-0.25, -0.2) is 22.9 Å². The summed E-state index contributed by atoms with van der Waals surface area (Å²) in [6.07, 6.45) is 6.90. The monoisotopic (exact) mass is 428 g/mol. The lowest BCUT2D eigenvalue weighted by Gasteiger charge is -2.11. The normalized spacial score (nSPS) is 11.5. The van der Waals surface area contributed by atoms with Gasteiger partial charge in [-0.05, 0) is 48.1 Å². The third-order valence-electron chi connectivity index (χ3n) is 4.87. The van der Waals surface area contributed by atoms with Gasteiger partial charge in [-0.1, -0.05) is 43.2 Å². The molecule has 6 nitrogen and oxygen atoms in total. The molecule has 0 bridgehead atoms. The molecular formula is C22H25FN4O2S. The smallest absolute Gasteiger partial charge is 0.209 e. The third-order valence-corrected chi connectivity index (χ3v) is 5.73. The maximum atomic E-state index is 14.8. The summed E-state index contributed by atoms with van der Waals surface area (Å²) in [5.74, 6) is -0.0631. The Kier molecular flexibility index (Phi) is 7.12. The van der Waals surface area contributed by atoms with Gasteiger partial charge in [-0.3, -0.25) is 4.98 Å². The molecule has 0 aliphatic heterocycles. The van der Waals surface area contributed by atoms with E-state index >= 15 is 0 Å². The molecule has 0 saturated carbocycles. The number of primary sulfonamides is 1. The molecule has 30 heavy (non-hydrogen) atoms. The Bertz CT molecular complexity index is 1100. The van der Waals surface area contributed by atoms with Crippen LogP contribution in [0.3, 0.4) is 0 Å². The summed E-state index contributed by atoms with van der Waals surface area (Å²) in [5, 5.41) is 5.02. The second-order valence-electron chi connectivity index (χ2n) is 7.21. The van der Waals surface area contributed by atoms with Crippen LogP contribution in [-0.2, 0) is 16.4 Å². The molecule has 3 rings (SSSR count). The Morgan fingerprint density at radius 3 is 2.37 bits per heavy atom. The fourth-order valence-electron chi connectivity index (χ4n) is 3.36. The minimum Gasteiger partial charge on any atom is -0.382 e. The van der Waals surface area contributed by atoms with Crippen molar-refractivity contribution in [3.63, 3.8) is 0 Å². The second-order valence-corrected chi connectivity index (χ2v) is 8.94. The molecule has 0 amide bonds. The van der Waals surface area contributed by atoms with Gasteiger partial charge in [0.25, 0.3) is 0 Å². The van der Waals surface area contributed by atoms with Gasteiger partial charge in [-0.2, -0.15) is 0 Å². The highest BCUT2D eigenvalue weighted by atomic mass is 32.2. The predicted octanol–water partition coefficient (Wildman–Crippen LogP) is 3.92. The second kappa shape index (κ2) is 9.77. The SMILES string of the molecule is Nc1cnc(-c2ccc(-c3ccccc3CCCCCCS(N)(=O)=O)cc2F)cn1. The number of benzene rings is 2. The number of nitrogens with two attached hydrogens (primary N) is 2. The fraction of sp³-hybridized carbons (Fsp3) is 0.273. The van der Waals surface area contributed by atoms with Gasteiger partial charge in [0.05, 0.1) is 23.8 Å². The summed E-state index contributed by atoms with van der Waals surface area (Å²) in [7, 11) is -3.39. The molecule has 0 atom stereocenters. The molecule has 0 aliphatic carbocycles. The van der Waals surface area contributed by atoms with Crippen molar-refractivity contribution >= 4 is 15.8 Å². The van der Waals surface area contributed by atoms with Gasteiger partial charge in [0.1, 0.15) is 11.6 Å². The minimum atomic E-state index is -3.39. The lowest BCUT2D eigenvalue weighted by Crippen LogP contribution is -2.16. The molecule has 0 radical (unpaired) electrons. The van der Waals surface area contributed by atoms with E-state index in [1.165, 1.54) is 18.5 Å². The molecule has 0 fully saturated rings. The van der Waals surface area contributed by atoms with Gasteiger partial charge >= 0.3 is 0 Å². The van der Waals surface area contributed by atoms with Crippen molar-refractivity contribution in [2.45, 2.75) is 32.1 Å². The first kappa shape index (κ1) is 21.9. The molecule has 4 N–H and O–H groups in total. The summed E-state index contributed by atoms with van der Waals surface area (Å²) < 4.78 is 36.7. The van der Waals surface area contributed by atoms with Crippen LogP contribution in [0.2, 0.25) is 0 Å². The maximum Gasteiger partial charge on any atom is 0.209 e. The van der Waals surface area contributed by atoms with Crippen LogP contribution >= 0.6 is 0 Å². The summed E-state index contributed by atoms with van der Waals surface area (Å²) in [6.45, 7) is 0. The molecule has 8 heteroatoms. The van der Waals surface area contributed by atoms with Gasteiger partial charge in [0, 0.05) is 5.56 Å². The van der Waals surface area contributed by atoms with Crippen LogP contribution in [0.1, 0.15) is 31.2 Å². The summed E-state index contributed by atoms with van der Waals surface area (Å²) in [5.41, 5.74) is 9.26. The van der Waals surface area contributed by atoms with E-state index in [4.69, 9.17) is 10.9 Å². The van der Waals surface area contributed by atoms with Crippen LogP contribution in [0.25, 0.3) is 22.4 Å². The Morgan fingerprint density at radius 2 is 1.67 bits per heavy atom. The number of rotatable bonds is 9. The van der Waals surface area contributed by atoms with E-state index in [1.54, 1.807) is 6.07 Å². The highest BCUT2D eigenvalue weighted by molar-refractivity contribution is 7.89.